The van der Waals surface area contributed by atoms with Gasteiger partial charge in [-0.1, -0.05) is 0 Å². The number of fused-ring (bicyclic) bond motifs is 1. The minimum atomic E-state index is -4.71. The molecule has 13 heteroatoms. The van der Waals surface area contributed by atoms with Crippen molar-refractivity contribution in [1.29, 1.82) is 0 Å². The molecule has 1 saturated heterocycles. The lowest BCUT2D eigenvalue weighted by Crippen LogP contribution is -2.35. The van der Waals surface area contributed by atoms with E-state index in [1.807, 2.05) is 24.3 Å². The van der Waals surface area contributed by atoms with E-state index in [0.717, 1.165) is 31.6 Å². The third kappa shape index (κ3) is 7.03. The van der Waals surface area contributed by atoms with E-state index in [1.165, 1.54) is 30.5 Å². The predicted molar refractivity (Wildman–Crippen MR) is 133 cm³/mol. The molecule has 10 nitrogen and oxygen atoms in total. The maximum atomic E-state index is 12.3. The molecule has 5 rings (SSSR count). The van der Waals surface area contributed by atoms with Crippen molar-refractivity contribution in [3.63, 3.8) is 0 Å². The number of benzene rings is 2. The van der Waals surface area contributed by atoms with E-state index in [4.69, 9.17) is 14.2 Å². The summed E-state index contributed by atoms with van der Waals surface area (Å²) in [5, 5.41) is 10.9. The summed E-state index contributed by atoms with van der Waals surface area (Å²) in [6, 6.07) is 13.5. The van der Waals surface area contributed by atoms with Crippen LogP contribution in [-0.4, -0.2) is 53.2 Å². The van der Waals surface area contributed by atoms with Gasteiger partial charge in [0.15, 0.2) is 0 Å². The van der Waals surface area contributed by atoms with E-state index in [9.17, 15) is 23.3 Å². The first kappa shape index (κ1) is 26.4. The molecule has 1 aromatic heterocycles. The van der Waals surface area contributed by atoms with Crippen molar-refractivity contribution < 1.29 is 37.0 Å². The summed E-state index contributed by atoms with van der Waals surface area (Å²) in [6.07, 6.45) is -1.06. The van der Waals surface area contributed by atoms with Gasteiger partial charge in [-0.3, -0.25) is 4.57 Å². The first-order valence-corrected chi connectivity index (χ1v) is 12.6. The molecule has 0 radical (unpaired) electrons. The summed E-state index contributed by atoms with van der Waals surface area (Å²) in [5.74, 6) is 1.06. The molecule has 0 spiro atoms. The van der Waals surface area contributed by atoms with Crippen molar-refractivity contribution in [2.45, 2.75) is 38.3 Å². The normalized spacial score (nSPS) is 17.7. The van der Waals surface area contributed by atoms with Crippen molar-refractivity contribution in [1.82, 2.24) is 9.55 Å². The average molecular weight is 549 g/mol. The highest BCUT2D eigenvalue weighted by Crippen LogP contribution is 2.29. The van der Waals surface area contributed by atoms with Crippen LogP contribution in [0.15, 0.2) is 54.7 Å². The van der Waals surface area contributed by atoms with E-state index < -0.39 is 11.3 Å². The van der Waals surface area contributed by atoms with Crippen LogP contribution in [0, 0.1) is 16.0 Å². The highest BCUT2D eigenvalue weighted by molar-refractivity contribution is 5.49. The maximum Gasteiger partial charge on any atom is 0.573 e. The SMILES string of the molecule is O=[N+]([O-])c1cn2c(n1)O[C@@H](COc1ccc(N3CCC(COc4ccc(OC(F)(F)F)cc4)CC3)cc1)CC2. The average Bonchev–Trinajstić information content (AvgIpc) is 3.35. The number of ether oxygens (including phenoxy) is 4. The van der Waals surface area contributed by atoms with Gasteiger partial charge in [0.1, 0.15) is 36.2 Å². The van der Waals surface area contributed by atoms with Crippen LogP contribution < -0.4 is 23.8 Å². The largest absolute Gasteiger partial charge is 0.573 e. The van der Waals surface area contributed by atoms with Gasteiger partial charge >= 0.3 is 18.2 Å². The molecule has 0 saturated carbocycles. The zero-order valence-corrected chi connectivity index (χ0v) is 20.9. The van der Waals surface area contributed by atoms with Gasteiger partial charge in [0.25, 0.3) is 0 Å². The Bertz CT molecular complexity index is 1260. The van der Waals surface area contributed by atoms with E-state index in [2.05, 4.69) is 14.6 Å². The van der Waals surface area contributed by atoms with Crippen LogP contribution in [0.4, 0.5) is 24.7 Å². The van der Waals surface area contributed by atoms with Gasteiger partial charge in [-0.15, -0.1) is 13.2 Å². The molecule has 0 bridgehead atoms. The molecule has 0 amide bonds. The fourth-order valence-corrected chi connectivity index (χ4v) is 4.59. The minimum Gasteiger partial charge on any atom is -0.493 e. The standard InChI is InChI=1S/C26H27F3N4O6/c27-26(28,29)39-22-7-5-21(6-8-22)36-16-18-9-12-31(13-10-18)19-1-3-20(4-2-19)37-17-23-11-14-32-15-24(33(34)35)30-25(32)38-23/h1-8,15,18,23H,9-14,16-17H2/t23-/m1/s1. The fourth-order valence-electron chi connectivity index (χ4n) is 4.59. The molecule has 1 atom stereocenters. The number of hydrogen-bond acceptors (Lipinski definition) is 8. The Labute approximate surface area is 222 Å². The number of hydrogen-bond donors (Lipinski definition) is 0. The molecule has 3 heterocycles. The van der Waals surface area contributed by atoms with Gasteiger partial charge in [0.2, 0.25) is 0 Å². The smallest absolute Gasteiger partial charge is 0.493 e. The van der Waals surface area contributed by atoms with E-state index in [1.54, 1.807) is 4.57 Å². The monoisotopic (exact) mass is 548 g/mol. The first-order chi connectivity index (χ1) is 18.7. The van der Waals surface area contributed by atoms with Crippen molar-refractivity contribution in [3.05, 3.63) is 64.8 Å². The van der Waals surface area contributed by atoms with Crippen LogP contribution >= 0.6 is 0 Å². The molecule has 0 N–H and O–H groups in total. The molecular weight excluding hydrogens is 521 g/mol. The van der Waals surface area contributed by atoms with Crippen LogP contribution in [0.1, 0.15) is 19.3 Å². The van der Waals surface area contributed by atoms with Gasteiger partial charge in [-0.05, 0) is 72.2 Å². The van der Waals surface area contributed by atoms with E-state index in [0.29, 0.717) is 43.6 Å². The van der Waals surface area contributed by atoms with Gasteiger partial charge in [-0.2, -0.15) is 0 Å². The van der Waals surface area contributed by atoms with Gasteiger partial charge in [0.05, 0.1) is 6.61 Å². The zero-order valence-electron chi connectivity index (χ0n) is 20.9. The van der Waals surface area contributed by atoms with Crippen LogP contribution in [0.2, 0.25) is 0 Å². The molecule has 2 aromatic carbocycles. The number of nitro groups is 1. The van der Waals surface area contributed by atoms with Gasteiger partial charge in [-0.25, -0.2) is 0 Å². The molecule has 3 aromatic rings. The number of anilines is 1. The number of aromatic nitrogens is 2. The Kier molecular flexibility index (Phi) is 7.66. The lowest BCUT2D eigenvalue weighted by molar-refractivity contribution is -0.389. The molecule has 0 unspecified atom stereocenters. The number of piperidine rings is 1. The van der Waals surface area contributed by atoms with Crippen molar-refractivity contribution in [2.24, 2.45) is 5.92 Å². The van der Waals surface area contributed by atoms with Crippen molar-refractivity contribution >= 4 is 11.5 Å². The number of halogens is 3. The minimum absolute atomic E-state index is 0.230. The quantitative estimate of drug-likeness (QED) is 0.265. The summed E-state index contributed by atoms with van der Waals surface area (Å²) in [6.45, 7) is 3.11. The fraction of sp³-hybridized carbons (Fsp3) is 0.423. The Hall–Kier alpha value is -4.16. The third-order valence-electron chi connectivity index (χ3n) is 6.67. The number of imidazole rings is 1. The Morgan fingerprint density at radius 3 is 2.18 bits per heavy atom. The summed E-state index contributed by atoms with van der Waals surface area (Å²) < 4.78 is 59.8. The maximum absolute atomic E-state index is 12.3. The summed E-state index contributed by atoms with van der Waals surface area (Å²) >= 11 is 0. The molecule has 0 aliphatic carbocycles. The lowest BCUT2D eigenvalue weighted by Gasteiger charge is -2.33. The predicted octanol–water partition coefficient (Wildman–Crippen LogP) is 5.22. The van der Waals surface area contributed by atoms with Crippen LogP contribution in [0.3, 0.4) is 0 Å². The van der Waals surface area contributed by atoms with Gasteiger partial charge in [0, 0.05) is 36.7 Å². The number of aryl methyl sites for hydroxylation is 1. The van der Waals surface area contributed by atoms with E-state index >= 15 is 0 Å². The van der Waals surface area contributed by atoms with E-state index in [-0.39, 0.29) is 23.7 Å². The summed E-state index contributed by atoms with van der Waals surface area (Å²) in [4.78, 5) is 16.6. The highest BCUT2D eigenvalue weighted by atomic mass is 19.4. The second kappa shape index (κ2) is 11.3. The molecule has 208 valence electrons. The lowest BCUT2D eigenvalue weighted by atomic mass is 9.97. The Balaban J connectivity index is 1.03. The van der Waals surface area contributed by atoms with Crippen molar-refractivity contribution in [3.8, 4) is 23.3 Å². The number of alkyl halides is 3. The van der Waals surface area contributed by atoms with Crippen molar-refractivity contribution in [2.75, 3.05) is 31.2 Å². The van der Waals surface area contributed by atoms with Gasteiger partial charge < -0.3 is 34.0 Å². The van der Waals surface area contributed by atoms with Crippen LogP contribution in [0.5, 0.6) is 23.3 Å². The molecule has 1 fully saturated rings. The second-order valence-corrected chi connectivity index (χ2v) is 9.43. The second-order valence-electron chi connectivity index (χ2n) is 9.43. The van der Waals surface area contributed by atoms with Crippen LogP contribution in [-0.2, 0) is 6.54 Å². The highest BCUT2D eigenvalue weighted by Gasteiger charge is 2.31. The third-order valence-corrected chi connectivity index (χ3v) is 6.67. The summed E-state index contributed by atoms with van der Waals surface area (Å²) in [7, 11) is 0. The zero-order chi connectivity index (χ0) is 27.4. The number of rotatable bonds is 9. The number of nitrogens with zero attached hydrogens (tertiary/aromatic N) is 4. The Morgan fingerprint density at radius 2 is 1.54 bits per heavy atom. The van der Waals surface area contributed by atoms with Crippen LogP contribution in [0.25, 0.3) is 0 Å². The molecule has 39 heavy (non-hydrogen) atoms. The molecule has 2 aliphatic rings. The first-order valence-electron chi connectivity index (χ1n) is 12.6. The molecular formula is C26H27F3N4O6. The Morgan fingerprint density at radius 1 is 0.923 bits per heavy atom. The molecule has 2 aliphatic heterocycles. The summed E-state index contributed by atoms with van der Waals surface area (Å²) in [5.41, 5.74) is 1.09. The topological polar surface area (TPSA) is 101 Å².